The number of amides is 2. The summed E-state index contributed by atoms with van der Waals surface area (Å²) in [4.78, 5) is 49.9. The van der Waals surface area contributed by atoms with Crippen molar-refractivity contribution in [2.45, 2.75) is 131 Å². The van der Waals surface area contributed by atoms with Crippen LogP contribution in [-0.4, -0.2) is 70.6 Å². The maximum absolute atomic E-state index is 14.0. The van der Waals surface area contributed by atoms with E-state index in [4.69, 9.17) is 4.98 Å². The molecule has 0 radical (unpaired) electrons. The first-order valence-corrected chi connectivity index (χ1v) is 19.1. The van der Waals surface area contributed by atoms with Crippen LogP contribution in [-0.2, 0) is 22.4 Å². The molecule has 262 valence electrons. The van der Waals surface area contributed by atoms with Gasteiger partial charge in [-0.05, 0) is 74.9 Å². The molecule has 7 nitrogen and oxygen atoms in total. The molecule has 0 unspecified atom stereocenters. The van der Waals surface area contributed by atoms with Crippen molar-refractivity contribution in [2.24, 2.45) is 23.7 Å². The van der Waals surface area contributed by atoms with Gasteiger partial charge in [-0.1, -0.05) is 91.6 Å². The fourth-order valence-electron chi connectivity index (χ4n) is 7.07. The van der Waals surface area contributed by atoms with E-state index >= 15 is 0 Å². The fraction of sp³-hybridized carbons (Fsp3) is 0.692. The van der Waals surface area contributed by atoms with Crippen molar-refractivity contribution in [3.8, 4) is 0 Å². The first kappa shape index (κ1) is 38.9. The number of rotatable bonds is 19. The highest BCUT2D eigenvalue weighted by atomic mass is 32.1. The van der Waals surface area contributed by atoms with Crippen molar-refractivity contribution in [3.05, 3.63) is 52.0 Å². The molecule has 8 heteroatoms. The summed E-state index contributed by atoms with van der Waals surface area (Å²) in [6.45, 7) is 16.9. The molecular formula is C39H62N4O3S. The summed E-state index contributed by atoms with van der Waals surface area (Å²) in [5.74, 6) is 0.630. The zero-order valence-electron chi connectivity index (χ0n) is 30.5. The van der Waals surface area contributed by atoms with Crippen molar-refractivity contribution in [3.63, 3.8) is 0 Å². The molecule has 4 atom stereocenters. The van der Waals surface area contributed by atoms with Gasteiger partial charge in [-0.25, -0.2) is 4.98 Å². The SMILES string of the molecule is CCCCN1CCCC[C@@H]1C(=O)C[C@H](C(=O)N(C)[C@H](CCc1nc(C(=O)N[C@@H](Cc2ccccc2)CC(C)C)cs1)C(C)C)C(C)C. The Morgan fingerprint density at radius 3 is 2.40 bits per heavy atom. The minimum absolute atomic E-state index is 0.0112. The Bertz CT molecular complexity index is 1240. The second-order valence-electron chi connectivity index (χ2n) is 14.8. The second kappa shape index (κ2) is 19.4. The van der Waals surface area contributed by atoms with Gasteiger partial charge in [0.15, 0.2) is 5.78 Å². The van der Waals surface area contributed by atoms with E-state index in [0.29, 0.717) is 24.5 Å². The van der Waals surface area contributed by atoms with Crippen LogP contribution in [0.4, 0.5) is 0 Å². The Kier molecular flexibility index (Phi) is 16.1. The molecule has 0 spiro atoms. The number of benzene rings is 1. The average molecular weight is 667 g/mol. The highest BCUT2D eigenvalue weighted by Crippen LogP contribution is 2.27. The number of nitrogens with zero attached hydrogens (tertiary/aromatic N) is 3. The summed E-state index contributed by atoms with van der Waals surface area (Å²) < 4.78 is 0. The lowest BCUT2D eigenvalue weighted by molar-refractivity contribution is -0.142. The van der Waals surface area contributed by atoms with Gasteiger partial charge in [-0.3, -0.25) is 19.3 Å². The lowest BCUT2D eigenvalue weighted by Crippen LogP contribution is -2.48. The van der Waals surface area contributed by atoms with Crippen LogP contribution in [0.2, 0.25) is 0 Å². The molecule has 1 N–H and O–H groups in total. The quantitative estimate of drug-likeness (QED) is 0.165. The first-order valence-electron chi connectivity index (χ1n) is 18.2. The Balaban J connectivity index is 1.62. The molecule has 1 aliphatic rings. The van der Waals surface area contributed by atoms with E-state index in [1.54, 1.807) is 0 Å². The third kappa shape index (κ3) is 12.1. The van der Waals surface area contributed by atoms with Crippen LogP contribution in [0.25, 0.3) is 0 Å². The number of hydrogen-bond donors (Lipinski definition) is 1. The van der Waals surface area contributed by atoms with Crippen molar-refractivity contribution < 1.29 is 14.4 Å². The third-order valence-corrected chi connectivity index (χ3v) is 10.7. The van der Waals surface area contributed by atoms with Crippen molar-refractivity contribution >= 4 is 28.9 Å². The number of Topliss-reactive ketones (excluding diaryl/α,β-unsaturated/α-hetero) is 1. The highest BCUT2D eigenvalue weighted by molar-refractivity contribution is 7.09. The van der Waals surface area contributed by atoms with E-state index in [1.807, 2.05) is 35.5 Å². The first-order chi connectivity index (χ1) is 22.4. The maximum Gasteiger partial charge on any atom is 0.270 e. The van der Waals surface area contributed by atoms with Crippen molar-refractivity contribution in [1.82, 2.24) is 20.1 Å². The number of carbonyl (C=O) groups is 3. The molecule has 1 saturated heterocycles. The van der Waals surface area contributed by atoms with Crippen LogP contribution in [0.1, 0.15) is 121 Å². The second-order valence-corrected chi connectivity index (χ2v) is 15.8. The number of hydrogen-bond acceptors (Lipinski definition) is 6. The van der Waals surface area contributed by atoms with Crippen molar-refractivity contribution in [2.75, 3.05) is 20.1 Å². The van der Waals surface area contributed by atoms with Crippen LogP contribution in [0.5, 0.6) is 0 Å². The van der Waals surface area contributed by atoms with Gasteiger partial charge in [-0.15, -0.1) is 11.3 Å². The van der Waals surface area contributed by atoms with E-state index in [0.717, 1.165) is 69.5 Å². The Labute approximate surface area is 289 Å². The summed E-state index contributed by atoms with van der Waals surface area (Å²) in [5.41, 5.74) is 1.68. The summed E-state index contributed by atoms with van der Waals surface area (Å²) in [7, 11) is 1.91. The van der Waals surface area contributed by atoms with E-state index in [-0.39, 0.29) is 53.5 Å². The molecule has 0 bridgehead atoms. The van der Waals surface area contributed by atoms with Gasteiger partial charge in [0, 0.05) is 43.3 Å². The highest BCUT2D eigenvalue weighted by Gasteiger charge is 2.36. The van der Waals surface area contributed by atoms with Crippen LogP contribution in [0, 0.1) is 23.7 Å². The lowest BCUT2D eigenvalue weighted by atomic mass is 9.84. The minimum Gasteiger partial charge on any atom is -0.348 e. The van der Waals surface area contributed by atoms with E-state index < -0.39 is 0 Å². The van der Waals surface area contributed by atoms with Gasteiger partial charge in [0.2, 0.25) is 5.91 Å². The number of unbranched alkanes of at least 4 members (excludes halogenated alkanes) is 1. The average Bonchev–Trinajstić information content (AvgIpc) is 3.51. The molecule has 1 fully saturated rings. The third-order valence-electron chi connectivity index (χ3n) is 9.80. The monoisotopic (exact) mass is 666 g/mol. The molecule has 1 aliphatic heterocycles. The largest absolute Gasteiger partial charge is 0.348 e. The number of nitrogens with one attached hydrogen (secondary N) is 1. The van der Waals surface area contributed by atoms with Crippen LogP contribution >= 0.6 is 11.3 Å². The lowest BCUT2D eigenvalue weighted by Gasteiger charge is -2.37. The van der Waals surface area contributed by atoms with Gasteiger partial charge < -0.3 is 10.2 Å². The van der Waals surface area contributed by atoms with E-state index in [1.165, 1.54) is 16.9 Å². The molecule has 2 aromatic rings. The Morgan fingerprint density at radius 2 is 1.77 bits per heavy atom. The zero-order valence-corrected chi connectivity index (χ0v) is 31.3. The molecule has 2 heterocycles. The molecule has 47 heavy (non-hydrogen) atoms. The molecule has 0 aliphatic carbocycles. The Hall–Kier alpha value is -2.58. The van der Waals surface area contributed by atoms with Gasteiger partial charge in [-0.2, -0.15) is 0 Å². The van der Waals surface area contributed by atoms with Crippen LogP contribution in [0.3, 0.4) is 0 Å². The standard InChI is InChI=1S/C39H62N4O3S/c1-9-10-21-43-22-15-14-18-35(43)36(44)25-32(28(4)5)39(46)42(8)34(29(6)7)19-20-37-41-33(26-47-37)38(45)40-31(23-27(2)3)24-30-16-12-11-13-17-30/h11-13,16-17,26-29,31-32,34-35H,9-10,14-15,18-25H2,1-8H3,(H,40,45)/t31-,32+,34-,35-/m1/s1. The van der Waals surface area contributed by atoms with Gasteiger partial charge in [0.1, 0.15) is 5.69 Å². The number of aryl methyl sites for hydroxylation is 1. The van der Waals surface area contributed by atoms with Gasteiger partial charge in [0.25, 0.3) is 5.91 Å². The molecule has 3 rings (SSSR count). The number of carbonyl (C=O) groups excluding carboxylic acids is 3. The molecule has 1 aromatic heterocycles. The minimum atomic E-state index is -0.325. The molecular weight excluding hydrogens is 605 g/mol. The smallest absolute Gasteiger partial charge is 0.270 e. The molecule has 1 aromatic carbocycles. The Morgan fingerprint density at radius 1 is 1.04 bits per heavy atom. The van der Waals surface area contributed by atoms with Crippen LogP contribution in [0.15, 0.2) is 35.7 Å². The number of piperidine rings is 1. The summed E-state index contributed by atoms with van der Waals surface area (Å²) in [5, 5.41) is 6.00. The number of thiazole rings is 1. The van der Waals surface area contributed by atoms with Gasteiger partial charge in [0.05, 0.1) is 11.0 Å². The topological polar surface area (TPSA) is 82.6 Å². The van der Waals surface area contributed by atoms with Crippen molar-refractivity contribution in [1.29, 1.82) is 0 Å². The summed E-state index contributed by atoms with van der Waals surface area (Å²) >= 11 is 1.51. The number of likely N-dealkylation sites (tertiary alicyclic amines) is 1. The van der Waals surface area contributed by atoms with Crippen LogP contribution < -0.4 is 5.32 Å². The number of ketones is 1. The number of aromatic nitrogens is 1. The predicted molar refractivity (Wildman–Crippen MR) is 195 cm³/mol. The fourth-order valence-corrected chi connectivity index (χ4v) is 7.86. The van der Waals surface area contributed by atoms with E-state index in [2.05, 4.69) is 70.8 Å². The summed E-state index contributed by atoms with van der Waals surface area (Å²) in [6, 6.07) is 10.3. The molecule has 2 amide bonds. The zero-order chi connectivity index (χ0) is 34.5. The predicted octanol–water partition coefficient (Wildman–Crippen LogP) is 7.83. The normalized spacial score (nSPS) is 17.6. The molecule has 0 saturated carbocycles. The van der Waals surface area contributed by atoms with E-state index in [9.17, 15) is 14.4 Å². The summed E-state index contributed by atoms with van der Waals surface area (Å²) in [6.07, 6.45) is 8.81. The van der Waals surface area contributed by atoms with Gasteiger partial charge >= 0.3 is 0 Å². The maximum atomic E-state index is 14.0.